The number of thiazole rings is 1. The molecule has 1 aromatic heterocycles. The Morgan fingerprint density at radius 3 is 2.58 bits per heavy atom. The molecule has 1 amide bonds. The molecule has 0 aliphatic carbocycles. The summed E-state index contributed by atoms with van der Waals surface area (Å²) in [6.07, 6.45) is 0. The third-order valence-electron chi connectivity index (χ3n) is 3.28. The molecule has 1 heterocycles. The number of hydrogen-bond donors (Lipinski definition) is 2. The van der Waals surface area contributed by atoms with E-state index in [0.717, 1.165) is 21.3 Å². The van der Waals surface area contributed by atoms with Crippen LogP contribution in [0, 0.1) is 13.8 Å². The number of nitrogens with zero attached hydrogens (tertiary/aromatic N) is 1. The van der Waals surface area contributed by atoms with Crippen molar-refractivity contribution in [2.45, 2.75) is 13.8 Å². The number of hydrogen-bond acceptors (Lipinski definition) is 4. The topological polar surface area (TPSA) is 54.0 Å². The fraction of sp³-hybridized carbons (Fsp3) is 0.118. The van der Waals surface area contributed by atoms with Crippen molar-refractivity contribution in [1.29, 1.82) is 0 Å². The number of carbonyl (C=O) groups is 1. The van der Waals surface area contributed by atoms with Gasteiger partial charge >= 0.3 is 0 Å². The fourth-order valence-corrected chi connectivity index (χ4v) is 3.76. The van der Waals surface area contributed by atoms with Gasteiger partial charge in [-0.3, -0.25) is 10.1 Å². The van der Waals surface area contributed by atoms with Gasteiger partial charge in [0, 0.05) is 10.6 Å². The third kappa shape index (κ3) is 3.90. The first-order valence-corrected chi connectivity index (χ1v) is 8.78. The van der Waals surface area contributed by atoms with Gasteiger partial charge in [-0.1, -0.05) is 40.1 Å². The van der Waals surface area contributed by atoms with Crippen molar-refractivity contribution >= 4 is 61.5 Å². The summed E-state index contributed by atoms with van der Waals surface area (Å²) in [6.45, 7) is 3.90. The first kappa shape index (κ1) is 16.8. The highest BCUT2D eigenvalue weighted by Gasteiger charge is 2.11. The Morgan fingerprint density at radius 2 is 1.88 bits per heavy atom. The number of amides is 1. The SMILES string of the molecule is Cc1cc(C)cc(C(=O)NC(=S)Nc2nc3ccc(Cl)cc3s2)c1. The molecule has 4 nitrogen and oxygen atoms in total. The maximum atomic E-state index is 12.3. The second kappa shape index (κ2) is 6.84. The minimum Gasteiger partial charge on any atom is -0.308 e. The van der Waals surface area contributed by atoms with E-state index >= 15 is 0 Å². The molecule has 0 fully saturated rings. The molecule has 7 heteroatoms. The molecule has 0 aliphatic rings. The average molecular weight is 376 g/mol. The molecule has 0 aliphatic heterocycles. The summed E-state index contributed by atoms with van der Waals surface area (Å²) in [4.78, 5) is 16.7. The number of rotatable bonds is 2. The van der Waals surface area contributed by atoms with Gasteiger partial charge < -0.3 is 5.32 Å². The maximum absolute atomic E-state index is 12.3. The van der Waals surface area contributed by atoms with Crippen LogP contribution in [0.25, 0.3) is 10.2 Å². The maximum Gasteiger partial charge on any atom is 0.257 e. The number of halogens is 1. The Morgan fingerprint density at radius 1 is 1.17 bits per heavy atom. The molecule has 0 unspecified atom stereocenters. The number of anilines is 1. The van der Waals surface area contributed by atoms with Crippen LogP contribution in [0.5, 0.6) is 0 Å². The molecule has 122 valence electrons. The van der Waals surface area contributed by atoms with E-state index in [9.17, 15) is 4.79 Å². The summed E-state index contributed by atoms with van der Waals surface area (Å²) >= 11 is 12.6. The van der Waals surface area contributed by atoms with Gasteiger partial charge in [-0.25, -0.2) is 4.98 Å². The molecule has 2 aromatic carbocycles. The number of aryl methyl sites for hydroxylation is 2. The third-order valence-corrected chi connectivity index (χ3v) is 4.65. The first-order chi connectivity index (χ1) is 11.4. The van der Waals surface area contributed by atoms with E-state index in [1.165, 1.54) is 11.3 Å². The highest BCUT2D eigenvalue weighted by atomic mass is 35.5. The molecule has 0 saturated carbocycles. The largest absolute Gasteiger partial charge is 0.308 e. The highest BCUT2D eigenvalue weighted by molar-refractivity contribution is 7.80. The second-order valence-corrected chi connectivity index (χ2v) is 7.29. The molecule has 3 aromatic rings. The summed E-state index contributed by atoms with van der Waals surface area (Å²) in [5.41, 5.74) is 3.47. The van der Waals surface area contributed by atoms with E-state index in [1.54, 1.807) is 6.07 Å². The predicted octanol–water partition coefficient (Wildman–Crippen LogP) is 4.69. The molecule has 0 bridgehead atoms. The van der Waals surface area contributed by atoms with Gasteiger partial charge in [0.05, 0.1) is 10.2 Å². The normalized spacial score (nSPS) is 10.6. The lowest BCUT2D eigenvalue weighted by atomic mass is 10.1. The van der Waals surface area contributed by atoms with Crippen LogP contribution in [0.2, 0.25) is 5.02 Å². The van der Waals surface area contributed by atoms with Crippen molar-refractivity contribution in [2.75, 3.05) is 5.32 Å². The van der Waals surface area contributed by atoms with Gasteiger partial charge in [-0.2, -0.15) is 0 Å². The van der Waals surface area contributed by atoms with Gasteiger partial charge in [0.25, 0.3) is 5.91 Å². The van der Waals surface area contributed by atoms with E-state index in [0.29, 0.717) is 15.7 Å². The lowest BCUT2D eigenvalue weighted by Gasteiger charge is -2.08. The quantitative estimate of drug-likeness (QED) is 0.638. The molecule has 0 spiro atoms. The molecule has 3 rings (SSSR count). The molecule has 0 radical (unpaired) electrons. The Bertz CT molecular complexity index is 932. The summed E-state index contributed by atoms with van der Waals surface area (Å²) in [6, 6.07) is 11.1. The van der Waals surface area contributed by atoms with E-state index < -0.39 is 0 Å². The predicted molar refractivity (Wildman–Crippen MR) is 104 cm³/mol. The lowest BCUT2D eigenvalue weighted by molar-refractivity contribution is 0.0977. The van der Waals surface area contributed by atoms with Crippen molar-refractivity contribution in [3.8, 4) is 0 Å². The summed E-state index contributed by atoms with van der Waals surface area (Å²) < 4.78 is 0.952. The number of thiocarbonyl (C=S) groups is 1. The molecule has 0 atom stereocenters. The van der Waals surface area contributed by atoms with Gasteiger partial charge in [0.15, 0.2) is 10.2 Å². The molecule has 2 N–H and O–H groups in total. The van der Waals surface area contributed by atoms with Crippen LogP contribution in [0.1, 0.15) is 21.5 Å². The van der Waals surface area contributed by atoms with E-state index in [-0.39, 0.29) is 11.0 Å². The van der Waals surface area contributed by atoms with E-state index in [2.05, 4.69) is 15.6 Å². The van der Waals surface area contributed by atoms with Crippen LogP contribution < -0.4 is 10.6 Å². The Kier molecular flexibility index (Phi) is 4.80. The number of carbonyl (C=O) groups excluding carboxylic acids is 1. The van der Waals surface area contributed by atoms with Gasteiger partial charge in [-0.05, 0) is 56.4 Å². The van der Waals surface area contributed by atoms with E-state index in [4.69, 9.17) is 23.8 Å². The van der Waals surface area contributed by atoms with Crippen LogP contribution in [-0.2, 0) is 0 Å². The number of benzene rings is 2. The summed E-state index contributed by atoms with van der Waals surface area (Å²) in [5, 5.41) is 7.10. The smallest absolute Gasteiger partial charge is 0.257 e. The minimum atomic E-state index is -0.247. The van der Waals surface area contributed by atoms with Crippen LogP contribution >= 0.6 is 35.2 Å². The van der Waals surface area contributed by atoms with Crippen molar-refractivity contribution in [3.63, 3.8) is 0 Å². The van der Waals surface area contributed by atoms with Crippen molar-refractivity contribution in [3.05, 3.63) is 58.1 Å². The highest BCUT2D eigenvalue weighted by Crippen LogP contribution is 2.28. The standard InChI is InChI=1S/C17H14ClN3OS2/c1-9-5-10(2)7-11(6-9)15(22)20-16(23)21-17-19-13-4-3-12(18)8-14(13)24-17/h3-8H,1-2H3,(H2,19,20,21,22,23). The number of aromatic nitrogens is 1. The zero-order valence-electron chi connectivity index (χ0n) is 13.0. The Hall–Kier alpha value is -2.02. The van der Waals surface area contributed by atoms with Crippen LogP contribution in [0.3, 0.4) is 0 Å². The van der Waals surface area contributed by atoms with Crippen LogP contribution in [-0.4, -0.2) is 16.0 Å². The fourth-order valence-electron chi connectivity index (χ4n) is 2.36. The van der Waals surface area contributed by atoms with Crippen molar-refractivity contribution < 1.29 is 4.79 Å². The second-order valence-electron chi connectivity index (χ2n) is 5.42. The molecule has 0 saturated heterocycles. The monoisotopic (exact) mass is 375 g/mol. The molecular weight excluding hydrogens is 362 g/mol. The summed E-state index contributed by atoms with van der Waals surface area (Å²) in [7, 11) is 0. The zero-order valence-corrected chi connectivity index (χ0v) is 15.4. The van der Waals surface area contributed by atoms with Gasteiger partial charge in [0.2, 0.25) is 0 Å². The minimum absolute atomic E-state index is 0.212. The number of nitrogens with one attached hydrogen (secondary N) is 2. The van der Waals surface area contributed by atoms with Gasteiger partial charge in [0.1, 0.15) is 0 Å². The Labute approximate surface area is 153 Å². The molecular formula is C17H14ClN3OS2. The van der Waals surface area contributed by atoms with Crippen molar-refractivity contribution in [1.82, 2.24) is 10.3 Å². The number of fused-ring (bicyclic) bond motifs is 1. The summed E-state index contributed by atoms with van der Waals surface area (Å²) in [5.74, 6) is -0.247. The van der Waals surface area contributed by atoms with Gasteiger partial charge in [-0.15, -0.1) is 0 Å². The average Bonchev–Trinajstić information content (AvgIpc) is 2.87. The van der Waals surface area contributed by atoms with E-state index in [1.807, 2.05) is 44.2 Å². The lowest BCUT2D eigenvalue weighted by Crippen LogP contribution is -2.34. The molecule has 24 heavy (non-hydrogen) atoms. The Balaban J connectivity index is 1.71. The zero-order chi connectivity index (χ0) is 17.3. The van der Waals surface area contributed by atoms with Crippen LogP contribution in [0.15, 0.2) is 36.4 Å². The van der Waals surface area contributed by atoms with Crippen LogP contribution in [0.4, 0.5) is 5.13 Å². The van der Waals surface area contributed by atoms with Crippen molar-refractivity contribution in [2.24, 2.45) is 0 Å². The first-order valence-electron chi connectivity index (χ1n) is 7.17.